The van der Waals surface area contributed by atoms with Gasteiger partial charge in [0.2, 0.25) is 5.91 Å². The van der Waals surface area contributed by atoms with E-state index in [4.69, 9.17) is 9.47 Å². The molecule has 30 heavy (non-hydrogen) atoms. The summed E-state index contributed by atoms with van der Waals surface area (Å²) in [5.74, 6) is 0.476. The number of ether oxygens (including phenoxy) is 2. The number of carbonyl (C=O) groups is 3. The number of urea groups is 1. The van der Waals surface area contributed by atoms with Crippen molar-refractivity contribution in [3.8, 4) is 11.5 Å². The molecule has 2 aromatic rings. The van der Waals surface area contributed by atoms with Gasteiger partial charge in [0, 0.05) is 11.3 Å². The molecule has 1 saturated heterocycles. The highest BCUT2D eigenvalue weighted by Gasteiger charge is 2.37. The molecule has 160 valence electrons. The van der Waals surface area contributed by atoms with Gasteiger partial charge in [0.25, 0.3) is 5.91 Å². The molecule has 1 fully saturated rings. The number of rotatable bonds is 8. The minimum Gasteiger partial charge on any atom is -0.493 e. The van der Waals surface area contributed by atoms with Gasteiger partial charge in [0.15, 0.2) is 16.6 Å². The predicted octanol–water partition coefficient (Wildman–Crippen LogP) is 2.62. The van der Waals surface area contributed by atoms with E-state index >= 15 is 0 Å². The Morgan fingerprint density at radius 1 is 1.23 bits per heavy atom. The Morgan fingerprint density at radius 2 is 1.97 bits per heavy atom. The molecule has 2 N–H and O–H groups in total. The van der Waals surface area contributed by atoms with Crippen molar-refractivity contribution in [3.05, 3.63) is 34.3 Å². The summed E-state index contributed by atoms with van der Waals surface area (Å²) < 4.78 is 10.5. The largest absolute Gasteiger partial charge is 0.493 e. The van der Waals surface area contributed by atoms with E-state index in [1.54, 1.807) is 18.2 Å². The molecular weight excluding hydrogens is 408 g/mol. The zero-order chi connectivity index (χ0) is 21.8. The maximum Gasteiger partial charge on any atom is 0.325 e. The minimum atomic E-state index is -0.733. The zero-order valence-corrected chi connectivity index (χ0v) is 18.1. The van der Waals surface area contributed by atoms with Crippen molar-refractivity contribution >= 4 is 34.3 Å². The van der Waals surface area contributed by atoms with Crippen LogP contribution in [0.4, 0.5) is 9.93 Å². The molecule has 0 spiro atoms. The monoisotopic (exact) mass is 432 g/mol. The number of nitrogens with one attached hydrogen (secondary N) is 2. The summed E-state index contributed by atoms with van der Waals surface area (Å²) in [6.07, 6.45) is 0.306. The van der Waals surface area contributed by atoms with Crippen molar-refractivity contribution in [1.82, 2.24) is 15.2 Å². The lowest BCUT2D eigenvalue weighted by Crippen LogP contribution is -2.31. The van der Waals surface area contributed by atoms with Crippen LogP contribution in [0.15, 0.2) is 18.2 Å². The number of aryl methyl sites for hydroxylation is 2. The molecule has 1 atom stereocenters. The van der Waals surface area contributed by atoms with Gasteiger partial charge < -0.3 is 20.1 Å². The Labute approximate surface area is 178 Å². The summed E-state index contributed by atoms with van der Waals surface area (Å²) in [6, 6.07) is 3.99. The van der Waals surface area contributed by atoms with Crippen molar-refractivity contribution in [3.63, 3.8) is 0 Å². The number of carbonyl (C=O) groups excluding carboxylic acids is 3. The number of nitrogens with zero attached hydrogens (tertiary/aromatic N) is 2. The maximum absolute atomic E-state index is 12.7. The third-order valence-electron chi connectivity index (χ3n) is 4.83. The van der Waals surface area contributed by atoms with Gasteiger partial charge in [0.1, 0.15) is 6.04 Å². The lowest BCUT2D eigenvalue weighted by atomic mass is 10.1. The van der Waals surface area contributed by atoms with E-state index < -0.39 is 12.1 Å². The number of amides is 4. The van der Waals surface area contributed by atoms with Crippen LogP contribution in [0.3, 0.4) is 0 Å². The maximum atomic E-state index is 12.7. The Morgan fingerprint density at radius 3 is 2.60 bits per heavy atom. The lowest BCUT2D eigenvalue weighted by molar-refractivity contribution is -0.128. The Hall–Kier alpha value is -3.14. The van der Waals surface area contributed by atoms with Crippen LogP contribution in [0.1, 0.15) is 29.0 Å². The van der Waals surface area contributed by atoms with Gasteiger partial charge in [-0.1, -0.05) is 6.07 Å². The zero-order valence-electron chi connectivity index (χ0n) is 17.3. The van der Waals surface area contributed by atoms with Crippen LogP contribution in [0, 0.1) is 13.8 Å². The third kappa shape index (κ3) is 4.70. The highest BCUT2D eigenvalue weighted by atomic mass is 32.1. The molecule has 0 aliphatic carbocycles. The first kappa shape index (κ1) is 21.6. The normalized spacial score (nSPS) is 15.9. The molecule has 0 bridgehead atoms. The molecule has 1 aromatic heterocycles. The predicted molar refractivity (Wildman–Crippen MR) is 112 cm³/mol. The number of benzene rings is 1. The van der Waals surface area contributed by atoms with Crippen LogP contribution < -0.4 is 20.1 Å². The quantitative estimate of drug-likeness (QED) is 0.621. The second-order valence-electron chi connectivity index (χ2n) is 6.86. The van der Waals surface area contributed by atoms with E-state index in [-0.39, 0.29) is 31.2 Å². The molecule has 1 aliphatic rings. The number of aromatic nitrogens is 1. The number of imide groups is 1. The number of thiazole rings is 1. The van der Waals surface area contributed by atoms with Crippen molar-refractivity contribution in [2.45, 2.75) is 39.3 Å². The number of methoxy groups -OCH3 is 2. The van der Waals surface area contributed by atoms with Gasteiger partial charge in [-0.05, 0) is 38.0 Å². The van der Waals surface area contributed by atoms with Crippen molar-refractivity contribution < 1.29 is 23.9 Å². The van der Waals surface area contributed by atoms with E-state index in [2.05, 4.69) is 15.6 Å². The number of hydrogen-bond donors (Lipinski definition) is 2. The number of hydrogen-bond acceptors (Lipinski definition) is 7. The standard InChI is InChI=1S/C20H24N4O5S/c1-11-12(2)30-19(21-11)23-17(25)8-6-14-18(26)24(20(27)22-14)10-13-5-7-15(28-3)16(9-13)29-4/h5,7,9,14H,6,8,10H2,1-4H3,(H,22,27)(H,21,23,25)/t14-/m0/s1. The highest BCUT2D eigenvalue weighted by molar-refractivity contribution is 7.15. The molecule has 1 aromatic carbocycles. The fraction of sp³-hybridized carbons (Fsp3) is 0.400. The van der Waals surface area contributed by atoms with Gasteiger partial charge in [-0.2, -0.15) is 0 Å². The summed E-state index contributed by atoms with van der Waals surface area (Å²) in [5, 5.41) is 5.91. The second kappa shape index (κ2) is 9.12. The summed E-state index contributed by atoms with van der Waals surface area (Å²) in [7, 11) is 3.05. The average Bonchev–Trinajstić information content (AvgIpc) is 3.18. The Balaban J connectivity index is 1.57. The minimum absolute atomic E-state index is 0.0958. The van der Waals surface area contributed by atoms with Crippen molar-refractivity contribution in [2.75, 3.05) is 19.5 Å². The molecule has 1 aliphatic heterocycles. The molecular formula is C20H24N4O5S. The van der Waals surface area contributed by atoms with Gasteiger partial charge in [0.05, 0.1) is 26.5 Å². The molecule has 0 radical (unpaired) electrons. The first-order valence-corrected chi connectivity index (χ1v) is 10.2. The average molecular weight is 433 g/mol. The Bertz CT molecular complexity index is 955. The third-order valence-corrected chi connectivity index (χ3v) is 5.82. The van der Waals surface area contributed by atoms with E-state index in [1.807, 2.05) is 13.8 Å². The van der Waals surface area contributed by atoms with Crippen LogP contribution in [0.25, 0.3) is 0 Å². The molecule has 0 unspecified atom stereocenters. The second-order valence-corrected chi connectivity index (χ2v) is 8.07. The van der Waals surface area contributed by atoms with E-state index in [0.29, 0.717) is 16.6 Å². The summed E-state index contributed by atoms with van der Waals surface area (Å²) in [4.78, 5) is 43.6. The smallest absolute Gasteiger partial charge is 0.325 e. The topological polar surface area (TPSA) is 110 Å². The molecule has 4 amide bonds. The van der Waals surface area contributed by atoms with Crippen molar-refractivity contribution in [2.24, 2.45) is 0 Å². The van der Waals surface area contributed by atoms with Gasteiger partial charge in [-0.15, -0.1) is 11.3 Å². The molecule has 10 heteroatoms. The first-order chi connectivity index (χ1) is 14.3. The van der Waals surface area contributed by atoms with E-state index in [9.17, 15) is 14.4 Å². The van der Waals surface area contributed by atoms with Crippen LogP contribution in [0.5, 0.6) is 11.5 Å². The fourth-order valence-electron chi connectivity index (χ4n) is 3.07. The van der Waals surface area contributed by atoms with Gasteiger partial charge >= 0.3 is 6.03 Å². The van der Waals surface area contributed by atoms with Crippen LogP contribution in [-0.4, -0.2) is 48.0 Å². The van der Waals surface area contributed by atoms with Crippen LogP contribution in [0.2, 0.25) is 0 Å². The Kier molecular flexibility index (Phi) is 6.56. The molecule has 9 nitrogen and oxygen atoms in total. The molecule has 0 saturated carbocycles. The lowest BCUT2D eigenvalue weighted by Gasteiger charge is -2.15. The summed E-state index contributed by atoms with van der Waals surface area (Å²) >= 11 is 1.40. The summed E-state index contributed by atoms with van der Waals surface area (Å²) in [5.41, 5.74) is 1.60. The van der Waals surface area contributed by atoms with Crippen LogP contribution in [-0.2, 0) is 16.1 Å². The van der Waals surface area contributed by atoms with E-state index in [1.165, 1.54) is 25.6 Å². The summed E-state index contributed by atoms with van der Waals surface area (Å²) in [6.45, 7) is 3.91. The first-order valence-electron chi connectivity index (χ1n) is 9.39. The number of anilines is 1. The van der Waals surface area contributed by atoms with Gasteiger partial charge in [-0.3, -0.25) is 14.5 Å². The van der Waals surface area contributed by atoms with Crippen molar-refractivity contribution in [1.29, 1.82) is 0 Å². The molecule has 2 heterocycles. The highest BCUT2D eigenvalue weighted by Crippen LogP contribution is 2.28. The van der Waals surface area contributed by atoms with Gasteiger partial charge in [-0.25, -0.2) is 9.78 Å². The SMILES string of the molecule is COc1ccc(CN2C(=O)N[C@@H](CCC(=O)Nc3nc(C)c(C)s3)C2=O)cc1OC. The van der Waals surface area contributed by atoms with E-state index in [0.717, 1.165) is 21.0 Å². The molecule has 3 rings (SSSR count). The van der Waals surface area contributed by atoms with Crippen LogP contribution >= 0.6 is 11.3 Å². The fourth-order valence-corrected chi connectivity index (χ4v) is 3.90.